The van der Waals surface area contributed by atoms with Crippen LogP contribution in [0.25, 0.3) is 0 Å². The summed E-state index contributed by atoms with van der Waals surface area (Å²) in [6.07, 6.45) is 0.940. The number of methoxy groups -OCH3 is 1. The van der Waals surface area contributed by atoms with Crippen molar-refractivity contribution in [3.63, 3.8) is 0 Å². The van der Waals surface area contributed by atoms with Crippen LogP contribution in [-0.4, -0.2) is 22.0 Å². The van der Waals surface area contributed by atoms with E-state index in [1.54, 1.807) is 7.11 Å². The van der Waals surface area contributed by atoms with Gasteiger partial charge in [-0.05, 0) is 51.3 Å². The maximum atomic E-state index is 10.5. The Bertz CT molecular complexity index is 632. The van der Waals surface area contributed by atoms with Gasteiger partial charge in [-0.15, -0.1) is 0 Å². The number of ether oxygens (including phenoxy) is 1. The molecule has 1 aromatic heterocycles. The molecule has 0 saturated carbocycles. The van der Waals surface area contributed by atoms with Gasteiger partial charge in [0.1, 0.15) is 5.75 Å². The first-order valence-corrected chi connectivity index (χ1v) is 7.25. The first-order valence-electron chi connectivity index (χ1n) is 7.25. The number of rotatable bonds is 5. The van der Waals surface area contributed by atoms with Crippen LogP contribution >= 0.6 is 0 Å². The molecule has 4 nitrogen and oxygen atoms in total. The Morgan fingerprint density at radius 2 is 2.00 bits per heavy atom. The summed E-state index contributed by atoms with van der Waals surface area (Å²) >= 11 is 0. The summed E-state index contributed by atoms with van der Waals surface area (Å²) in [5, 5.41) is 14.9. The van der Waals surface area contributed by atoms with E-state index in [-0.39, 0.29) is 0 Å². The molecule has 0 spiro atoms. The molecule has 2 aromatic rings. The Morgan fingerprint density at radius 3 is 2.57 bits per heavy atom. The van der Waals surface area contributed by atoms with Crippen molar-refractivity contribution in [2.45, 2.75) is 39.7 Å². The monoisotopic (exact) mass is 288 g/mol. The summed E-state index contributed by atoms with van der Waals surface area (Å²) in [6, 6.07) is 5.89. The van der Waals surface area contributed by atoms with Crippen molar-refractivity contribution in [1.29, 1.82) is 0 Å². The van der Waals surface area contributed by atoms with Crippen LogP contribution in [0.5, 0.6) is 5.75 Å². The maximum absolute atomic E-state index is 10.5. The standard InChI is InChI=1S/C17H24N2O2/c1-11-6-9-17(21-5)15(10-11)16(20)8-7-14-12(2)18-19(4)13(14)3/h6,9-10,16,20H,7-8H2,1-5H3. The Labute approximate surface area is 126 Å². The molecule has 0 aliphatic rings. The van der Waals surface area contributed by atoms with E-state index < -0.39 is 6.10 Å². The molecule has 21 heavy (non-hydrogen) atoms. The Morgan fingerprint density at radius 1 is 1.29 bits per heavy atom. The number of aliphatic hydroxyl groups excluding tert-OH is 1. The van der Waals surface area contributed by atoms with E-state index in [4.69, 9.17) is 4.74 Å². The fraction of sp³-hybridized carbons (Fsp3) is 0.471. The molecule has 1 N–H and O–H groups in total. The molecule has 0 amide bonds. The number of aromatic nitrogens is 2. The molecule has 0 aliphatic heterocycles. The number of benzene rings is 1. The van der Waals surface area contributed by atoms with Crippen LogP contribution in [0.1, 0.15) is 40.6 Å². The molecular weight excluding hydrogens is 264 g/mol. The minimum Gasteiger partial charge on any atom is -0.496 e. The highest BCUT2D eigenvalue weighted by Crippen LogP contribution is 2.29. The van der Waals surface area contributed by atoms with E-state index in [0.29, 0.717) is 6.42 Å². The van der Waals surface area contributed by atoms with Gasteiger partial charge in [-0.2, -0.15) is 5.10 Å². The van der Waals surface area contributed by atoms with Gasteiger partial charge in [-0.1, -0.05) is 11.6 Å². The van der Waals surface area contributed by atoms with Crippen LogP contribution in [0.4, 0.5) is 0 Å². The Kier molecular flexibility index (Phi) is 4.68. The second kappa shape index (κ2) is 6.31. The molecule has 114 valence electrons. The molecule has 1 unspecified atom stereocenters. The van der Waals surface area contributed by atoms with E-state index in [9.17, 15) is 5.11 Å². The lowest BCUT2D eigenvalue weighted by atomic mass is 9.98. The molecule has 1 atom stereocenters. The van der Waals surface area contributed by atoms with Crippen molar-refractivity contribution >= 4 is 0 Å². The van der Waals surface area contributed by atoms with Crippen LogP contribution in [0, 0.1) is 20.8 Å². The summed E-state index contributed by atoms with van der Waals surface area (Å²) in [5.74, 6) is 0.743. The van der Waals surface area contributed by atoms with Crippen molar-refractivity contribution in [3.8, 4) is 5.75 Å². The van der Waals surface area contributed by atoms with Crippen LogP contribution in [0.2, 0.25) is 0 Å². The van der Waals surface area contributed by atoms with Crippen molar-refractivity contribution in [2.75, 3.05) is 7.11 Å². The van der Waals surface area contributed by atoms with E-state index in [2.05, 4.69) is 12.0 Å². The van der Waals surface area contributed by atoms with E-state index >= 15 is 0 Å². The van der Waals surface area contributed by atoms with Gasteiger partial charge in [0.2, 0.25) is 0 Å². The average Bonchev–Trinajstić information content (AvgIpc) is 2.70. The maximum Gasteiger partial charge on any atom is 0.124 e. The second-order valence-electron chi connectivity index (χ2n) is 5.57. The molecule has 0 saturated heterocycles. The molecule has 2 rings (SSSR count). The largest absolute Gasteiger partial charge is 0.496 e. The molecule has 0 fully saturated rings. The first kappa shape index (κ1) is 15.6. The quantitative estimate of drug-likeness (QED) is 0.920. The van der Waals surface area contributed by atoms with Gasteiger partial charge in [0.25, 0.3) is 0 Å². The SMILES string of the molecule is COc1ccc(C)cc1C(O)CCc1c(C)nn(C)c1C. The van der Waals surface area contributed by atoms with Gasteiger partial charge < -0.3 is 9.84 Å². The smallest absolute Gasteiger partial charge is 0.124 e. The zero-order valence-electron chi connectivity index (χ0n) is 13.5. The molecular formula is C17H24N2O2. The molecule has 0 radical (unpaired) electrons. The highest BCUT2D eigenvalue weighted by Gasteiger charge is 2.16. The lowest BCUT2D eigenvalue weighted by Crippen LogP contribution is -2.04. The van der Waals surface area contributed by atoms with Gasteiger partial charge in [-0.3, -0.25) is 4.68 Å². The molecule has 1 heterocycles. The highest BCUT2D eigenvalue weighted by atomic mass is 16.5. The predicted octanol–water partition coefficient (Wildman–Crippen LogP) is 3.02. The zero-order valence-corrected chi connectivity index (χ0v) is 13.5. The van der Waals surface area contributed by atoms with Gasteiger partial charge >= 0.3 is 0 Å². The van der Waals surface area contributed by atoms with Gasteiger partial charge in [0.15, 0.2) is 0 Å². The number of aliphatic hydroxyl groups is 1. The average molecular weight is 288 g/mol. The first-order chi connectivity index (χ1) is 9.93. The number of hydrogen-bond donors (Lipinski definition) is 1. The van der Waals surface area contributed by atoms with Crippen molar-refractivity contribution < 1.29 is 9.84 Å². The lowest BCUT2D eigenvalue weighted by Gasteiger charge is -2.15. The molecule has 0 bridgehead atoms. The molecule has 0 aliphatic carbocycles. The summed E-state index contributed by atoms with van der Waals surface area (Å²) in [7, 11) is 3.59. The lowest BCUT2D eigenvalue weighted by molar-refractivity contribution is 0.163. The molecule has 1 aromatic carbocycles. The molecule has 4 heteroatoms. The van der Waals surface area contributed by atoms with Gasteiger partial charge in [-0.25, -0.2) is 0 Å². The van der Waals surface area contributed by atoms with Crippen molar-refractivity contribution in [3.05, 3.63) is 46.3 Å². The number of nitrogens with zero attached hydrogens (tertiary/aromatic N) is 2. The number of aryl methyl sites for hydroxylation is 3. The highest BCUT2D eigenvalue weighted by molar-refractivity contribution is 5.38. The minimum atomic E-state index is -0.529. The number of hydrogen-bond acceptors (Lipinski definition) is 3. The summed E-state index contributed by atoms with van der Waals surface area (Å²) in [5.41, 5.74) is 5.41. The van der Waals surface area contributed by atoms with Crippen LogP contribution in [0.15, 0.2) is 18.2 Å². The Balaban J connectivity index is 2.15. The summed E-state index contributed by atoms with van der Waals surface area (Å²) in [6.45, 7) is 6.10. The van der Waals surface area contributed by atoms with E-state index in [1.165, 1.54) is 5.56 Å². The summed E-state index contributed by atoms with van der Waals surface area (Å²) in [4.78, 5) is 0. The van der Waals surface area contributed by atoms with E-state index in [1.807, 2.05) is 43.8 Å². The van der Waals surface area contributed by atoms with Crippen LogP contribution < -0.4 is 4.74 Å². The normalized spacial score (nSPS) is 12.5. The topological polar surface area (TPSA) is 47.3 Å². The minimum absolute atomic E-state index is 0.529. The zero-order chi connectivity index (χ0) is 15.6. The third-order valence-electron chi connectivity index (χ3n) is 4.07. The fourth-order valence-corrected chi connectivity index (χ4v) is 2.73. The van der Waals surface area contributed by atoms with E-state index in [0.717, 1.165) is 34.7 Å². The van der Waals surface area contributed by atoms with Crippen LogP contribution in [-0.2, 0) is 13.5 Å². The van der Waals surface area contributed by atoms with Gasteiger partial charge in [0.05, 0.1) is 18.9 Å². The third-order valence-corrected chi connectivity index (χ3v) is 4.07. The van der Waals surface area contributed by atoms with Crippen LogP contribution in [0.3, 0.4) is 0 Å². The fourth-order valence-electron chi connectivity index (χ4n) is 2.73. The van der Waals surface area contributed by atoms with Crippen molar-refractivity contribution in [1.82, 2.24) is 9.78 Å². The predicted molar refractivity (Wildman–Crippen MR) is 83.7 cm³/mol. The Hall–Kier alpha value is -1.81. The second-order valence-corrected chi connectivity index (χ2v) is 5.57. The third kappa shape index (κ3) is 3.27. The summed E-state index contributed by atoms with van der Waals surface area (Å²) < 4.78 is 7.24. The van der Waals surface area contributed by atoms with Gasteiger partial charge in [0, 0.05) is 18.3 Å². The van der Waals surface area contributed by atoms with Crippen molar-refractivity contribution in [2.24, 2.45) is 7.05 Å².